The van der Waals surface area contributed by atoms with E-state index in [9.17, 15) is 9.59 Å². The summed E-state index contributed by atoms with van der Waals surface area (Å²) in [5, 5.41) is 4.71. The quantitative estimate of drug-likeness (QED) is 0.625. The zero-order valence-electron chi connectivity index (χ0n) is 17.6. The van der Waals surface area contributed by atoms with Gasteiger partial charge in [0.15, 0.2) is 0 Å². The minimum Gasteiger partial charge on any atom is -0.485 e. The van der Waals surface area contributed by atoms with Crippen molar-refractivity contribution in [1.82, 2.24) is 4.90 Å². The molecule has 0 radical (unpaired) electrons. The Balaban J connectivity index is 1.42. The number of carbonyl (C=O) groups excluding carboxylic acids is 2. The molecule has 0 saturated heterocycles. The molecule has 4 rings (SSSR count). The Labute approximate surface area is 186 Å². The van der Waals surface area contributed by atoms with E-state index < -0.39 is 0 Å². The lowest BCUT2D eigenvalue weighted by molar-refractivity contribution is 0.0709. The number of anilines is 2. The molecule has 2 aromatic carbocycles. The van der Waals surface area contributed by atoms with Crippen molar-refractivity contribution in [3.63, 3.8) is 0 Å². The maximum atomic E-state index is 13.0. The molecule has 1 aliphatic heterocycles. The normalized spacial score (nSPS) is 15.0. The van der Waals surface area contributed by atoms with E-state index in [4.69, 9.17) is 4.74 Å². The van der Waals surface area contributed by atoms with Gasteiger partial charge in [0.25, 0.3) is 11.8 Å². The Kier molecular flexibility index (Phi) is 6.23. The van der Waals surface area contributed by atoms with Gasteiger partial charge in [-0.05, 0) is 48.7 Å². The number of carbonyl (C=O) groups is 2. The van der Waals surface area contributed by atoms with Crippen molar-refractivity contribution in [3.05, 3.63) is 76.5 Å². The van der Waals surface area contributed by atoms with E-state index in [0.717, 1.165) is 24.5 Å². The fourth-order valence-electron chi connectivity index (χ4n) is 3.71. The van der Waals surface area contributed by atoms with Crippen molar-refractivity contribution in [1.29, 1.82) is 0 Å². The molecular weight excluding hydrogens is 410 g/mol. The SMILES string of the molecule is CCN1C[C@H](CN(C)C(=O)c2cccc(NC(=O)c3cccs3)c2)Oc2ccccc21. The Morgan fingerprint density at radius 2 is 2.00 bits per heavy atom. The maximum absolute atomic E-state index is 13.0. The summed E-state index contributed by atoms with van der Waals surface area (Å²) in [6.07, 6.45) is -0.120. The van der Waals surface area contributed by atoms with Gasteiger partial charge in [0.1, 0.15) is 11.9 Å². The van der Waals surface area contributed by atoms with Gasteiger partial charge < -0.3 is 19.9 Å². The molecule has 0 spiro atoms. The first kappa shape index (κ1) is 20.9. The van der Waals surface area contributed by atoms with Crippen LogP contribution in [0.1, 0.15) is 27.0 Å². The van der Waals surface area contributed by atoms with E-state index in [0.29, 0.717) is 22.7 Å². The average molecular weight is 436 g/mol. The number of benzene rings is 2. The molecule has 0 fully saturated rings. The monoisotopic (exact) mass is 435 g/mol. The van der Waals surface area contributed by atoms with Gasteiger partial charge >= 0.3 is 0 Å². The Morgan fingerprint density at radius 1 is 1.16 bits per heavy atom. The highest BCUT2D eigenvalue weighted by atomic mass is 32.1. The van der Waals surface area contributed by atoms with E-state index in [1.807, 2.05) is 29.6 Å². The molecule has 160 valence electrons. The van der Waals surface area contributed by atoms with Crippen molar-refractivity contribution in [2.24, 2.45) is 0 Å². The third-order valence-corrected chi connectivity index (χ3v) is 6.11. The number of fused-ring (bicyclic) bond motifs is 1. The summed E-state index contributed by atoms with van der Waals surface area (Å²) in [7, 11) is 1.78. The second kappa shape index (κ2) is 9.22. The fourth-order valence-corrected chi connectivity index (χ4v) is 4.33. The third kappa shape index (κ3) is 4.72. The van der Waals surface area contributed by atoms with E-state index in [-0.39, 0.29) is 17.9 Å². The van der Waals surface area contributed by atoms with E-state index in [2.05, 4.69) is 23.2 Å². The minimum absolute atomic E-state index is 0.113. The molecule has 0 unspecified atom stereocenters. The molecule has 7 heteroatoms. The number of hydrogen-bond donors (Lipinski definition) is 1. The molecule has 1 aliphatic rings. The minimum atomic E-state index is -0.179. The smallest absolute Gasteiger partial charge is 0.265 e. The van der Waals surface area contributed by atoms with Crippen molar-refractivity contribution in [3.8, 4) is 5.75 Å². The van der Waals surface area contributed by atoms with Crippen LogP contribution in [0.2, 0.25) is 0 Å². The van der Waals surface area contributed by atoms with Crippen LogP contribution >= 0.6 is 11.3 Å². The molecule has 0 aliphatic carbocycles. The van der Waals surface area contributed by atoms with Crippen LogP contribution < -0.4 is 15.0 Å². The highest BCUT2D eigenvalue weighted by Crippen LogP contribution is 2.33. The van der Waals surface area contributed by atoms with Crippen molar-refractivity contribution in [2.45, 2.75) is 13.0 Å². The van der Waals surface area contributed by atoms with Crippen molar-refractivity contribution in [2.75, 3.05) is 36.9 Å². The summed E-state index contributed by atoms with van der Waals surface area (Å²) >= 11 is 1.38. The van der Waals surface area contributed by atoms with E-state index in [1.54, 1.807) is 42.3 Å². The largest absolute Gasteiger partial charge is 0.485 e. The highest BCUT2D eigenvalue weighted by Gasteiger charge is 2.27. The van der Waals surface area contributed by atoms with Gasteiger partial charge in [-0.2, -0.15) is 0 Å². The number of likely N-dealkylation sites (N-methyl/N-ethyl adjacent to an activating group) is 2. The molecule has 1 aromatic heterocycles. The molecular formula is C24H25N3O3S. The van der Waals surface area contributed by atoms with Crippen LogP contribution in [-0.4, -0.2) is 49.5 Å². The highest BCUT2D eigenvalue weighted by molar-refractivity contribution is 7.12. The fraction of sp³-hybridized carbons (Fsp3) is 0.250. The zero-order valence-corrected chi connectivity index (χ0v) is 18.4. The number of nitrogens with zero attached hydrogens (tertiary/aromatic N) is 2. The van der Waals surface area contributed by atoms with Crippen LogP contribution in [0.3, 0.4) is 0 Å². The first-order valence-corrected chi connectivity index (χ1v) is 11.1. The molecule has 6 nitrogen and oxygen atoms in total. The molecule has 1 N–H and O–H groups in total. The van der Waals surface area contributed by atoms with Crippen LogP contribution in [0.15, 0.2) is 66.0 Å². The number of nitrogens with one attached hydrogen (secondary N) is 1. The number of hydrogen-bond acceptors (Lipinski definition) is 5. The van der Waals surface area contributed by atoms with Gasteiger partial charge in [-0.15, -0.1) is 11.3 Å². The van der Waals surface area contributed by atoms with Gasteiger partial charge in [-0.3, -0.25) is 9.59 Å². The summed E-state index contributed by atoms with van der Waals surface area (Å²) in [5.74, 6) is 0.555. The standard InChI is InChI=1S/C24H25N3O3S/c1-3-27-16-19(30-21-11-5-4-10-20(21)27)15-26(2)24(29)17-8-6-9-18(14-17)25-23(28)22-12-7-13-31-22/h4-14,19H,3,15-16H2,1-2H3,(H,25,28)/t19-/m0/s1. The number of thiophene rings is 1. The molecule has 2 amide bonds. The summed E-state index contributed by atoms with van der Waals surface area (Å²) in [6, 6.07) is 18.6. The third-order valence-electron chi connectivity index (χ3n) is 5.24. The van der Waals surface area contributed by atoms with Crippen LogP contribution in [0.25, 0.3) is 0 Å². The Bertz CT molecular complexity index is 1070. The average Bonchev–Trinajstić information content (AvgIpc) is 3.33. The molecule has 1 atom stereocenters. The van der Waals surface area contributed by atoms with Crippen LogP contribution in [-0.2, 0) is 0 Å². The number of rotatable bonds is 6. The van der Waals surface area contributed by atoms with Crippen LogP contribution in [0.4, 0.5) is 11.4 Å². The first-order valence-electron chi connectivity index (χ1n) is 10.3. The van der Waals surface area contributed by atoms with E-state index in [1.165, 1.54) is 11.3 Å². The Hall–Kier alpha value is -3.32. The number of amides is 2. The lowest BCUT2D eigenvalue weighted by Crippen LogP contribution is -2.46. The van der Waals surface area contributed by atoms with Gasteiger partial charge in [-0.25, -0.2) is 0 Å². The van der Waals surface area contributed by atoms with Gasteiger partial charge in [0.05, 0.1) is 23.7 Å². The summed E-state index contributed by atoms with van der Waals surface area (Å²) in [6.45, 7) is 4.18. The van der Waals surface area contributed by atoms with Gasteiger partial charge in [0.2, 0.25) is 0 Å². The number of para-hydroxylation sites is 2. The number of ether oxygens (including phenoxy) is 1. The lowest BCUT2D eigenvalue weighted by Gasteiger charge is -2.37. The summed E-state index contributed by atoms with van der Waals surface area (Å²) < 4.78 is 6.15. The van der Waals surface area contributed by atoms with Crippen molar-refractivity contribution >= 4 is 34.5 Å². The van der Waals surface area contributed by atoms with Gasteiger partial charge in [0, 0.05) is 24.8 Å². The summed E-state index contributed by atoms with van der Waals surface area (Å²) in [4.78, 5) is 29.9. The zero-order chi connectivity index (χ0) is 21.8. The second-order valence-corrected chi connectivity index (χ2v) is 8.39. The lowest BCUT2D eigenvalue weighted by atomic mass is 10.1. The Morgan fingerprint density at radius 3 is 2.77 bits per heavy atom. The van der Waals surface area contributed by atoms with E-state index >= 15 is 0 Å². The molecule has 3 aromatic rings. The topological polar surface area (TPSA) is 61.9 Å². The second-order valence-electron chi connectivity index (χ2n) is 7.44. The maximum Gasteiger partial charge on any atom is 0.265 e. The molecule has 31 heavy (non-hydrogen) atoms. The first-order chi connectivity index (χ1) is 15.0. The molecule has 0 saturated carbocycles. The van der Waals surface area contributed by atoms with Gasteiger partial charge in [-0.1, -0.05) is 24.3 Å². The molecule has 2 heterocycles. The summed E-state index contributed by atoms with van der Waals surface area (Å²) in [5.41, 5.74) is 2.21. The predicted molar refractivity (Wildman–Crippen MR) is 124 cm³/mol. The van der Waals surface area contributed by atoms with Crippen LogP contribution in [0.5, 0.6) is 5.75 Å². The molecule has 0 bridgehead atoms. The van der Waals surface area contributed by atoms with Crippen LogP contribution in [0, 0.1) is 0 Å². The van der Waals surface area contributed by atoms with Crippen molar-refractivity contribution < 1.29 is 14.3 Å². The predicted octanol–water partition coefficient (Wildman–Crippen LogP) is 4.36.